The van der Waals surface area contributed by atoms with Crippen LogP contribution in [0.25, 0.3) is 27.8 Å². The fourth-order valence-electron chi connectivity index (χ4n) is 4.35. The first-order valence-corrected chi connectivity index (χ1v) is 10.5. The lowest BCUT2D eigenvalue weighted by molar-refractivity contribution is 0.462. The van der Waals surface area contributed by atoms with Crippen molar-refractivity contribution in [3.63, 3.8) is 0 Å². The van der Waals surface area contributed by atoms with Crippen LogP contribution in [0.1, 0.15) is 37.7 Å². The van der Waals surface area contributed by atoms with Crippen LogP contribution in [0.15, 0.2) is 67.1 Å². The third kappa shape index (κ3) is 3.51. The van der Waals surface area contributed by atoms with Crippen LogP contribution < -0.4 is 5.32 Å². The maximum absolute atomic E-state index is 4.69. The minimum Gasteiger partial charge on any atom is -0.367 e. The van der Waals surface area contributed by atoms with E-state index in [9.17, 15) is 0 Å². The number of fused-ring (bicyclic) bond motifs is 1. The summed E-state index contributed by atoms with van der Waals surface area (Å²) in [5, 5.41) is 4.85. The van der Waals surface area contributed by atoms with Crippen LogP contribution in [0.5, 0.6) is 0 Å². The van der Waals surface area contributed by atoms with Crippen molar-refractivity contribution >= 4 is 16.9 Å². The van der Waals surface area contributed by atoms with Crippen molar-refractivity contribution in [1.29, 1.82) is 0 Å². The van der Waals surface area contributed by atoms with Gasteiger partial charge < -0.3 is 9.88 Å². The SMILES string of the molecule is Cc1ccc(-n2cc(-c3ccccc3)c3c(NC4CCCCC4)ncnc32)cc1. The first-order chi connectivity index (χ1) is 14.3. The maximum Gasteiger partial charge on any atom is 0.150 e. The predicted molar refractivity (Wildman–Crippen MR) is 120 cm³/mol. The van der Waals surface area contributed by atoms with Crippen LogP contribution in [0.3, 0.4) is 0 Å². The average molecular weight is 383 g/mol. The Kier molecular flexibility index (Phi) is 4.76. The molecule has 0 unspecified atom stereocenters. The van der Waals surface area contributed by atoms with Crippen molar-refractivity contribution in [3.05, 3.63) is 72.7 Å². The molecule has 0 bridgehead atoms. The highest BCUT2D eigenvalue weighted by Gasteiger charge is 2.20. The van der Waals surface area contributed by atoms with Crippen molar-refractivity contribution in [1.82, 2.24) is 14.5 Å². The van der Waals surface area contributed by atoms with E-state index >= 15 is 0 Å². The fourth-order valence-corrected chi connectivity index (χ4v) is 4.35. The highest BCUT2D eigenvalue weighted by molar-refractivity contribution is 6.02. The molecule has 0 radical (unpaired) electrons. The maximum atomic E-state index is 4.69. The van der Waals surface area contributed by atoms with Gasteiger partial charge >= 0.3 is 0 Å². The van der Waals surface area contributed by atoms with Crippen LogP contribution in [-0.4, -0.2) is 20.6 Å². The van der Waals surface area contributed by atoms with Gasteiger partial charge in [-0.2, -0.15) is 0 Å². The largest absolute Gasteiger partial charge is 0.367 e. The molecule has 1 N–H and O–H groups in total. The summed E-state index contributed by atoms with van der Waals surface area (Å²) in [4.78, 5) is 9.36. The Morgan fingerprint density at radius 2 is 1.66 bits per heavy atom. The lowest BCUT2D eigenvalue weighted by Crippen LogP contribution is -2.23. The molecule has 0 spiro atoms. The van der Waals surface area contributed by atoms with Gasteiger partial charge in [0, 0.05) is 23.5 Å². The Hall–Kier alpha value is -3.14. The smallest absolute Gasteiger partial charge is 0.150 e. The first kappa shape index (κ1) is 17.9. The molecule has 1 aliphatic carbocycles. The Labute approximate surface area is 171 Å². The molecule has 4 heteroatoms. The molecule has 1 saturated carbocycles. The Bertz CT molecular complexity index is 1110. The van der Waals surface area contributed by atoms with Gasteiger partial charge in [-0.1, -0.05) is 67.3 Å². The topological polar surface area (TPSA) is 42.7 Å². The Balaban J connectivity index is 1.69. The zero-order chi connectivity index (χ0) is 19.6. The number of hydrogen-bond donors (Lipinski definition) is 1. The number of hydrogen-bond acceptors (Lipinski definition) is 3. The molecule has 0 saturated heterocycles. The lowest BCUT2D eigenvalue weighted by atomic mass is 9.95. The summed E-state index contributed by atoms with van der Waals surface area (Å²) in [6.45, 7) is 2.11. The monoisotopic (exact) mass is 382 g/mol. The van der Waals surface area contributed by atoms with E-state index in [4.69, 9.17) is 4.98 Å². The fraction of sp³-hybridized carbons (Fsp3) is 0.280. The van der Waals surface area contributed by atoms with E-state index in [2.05, 4.69) is 82.6 Å². The van der Waals surface area contributed by atoms with E-state index in [0.29, 0.717) is 6.04 Å². The number of nitrogens with one attached hydrogen (secondary N) is 1. The molecule has 5 rings (SSSR count). The molecule has 0 atom stereocenters. The van der Waals surface area contributed by atoms with Gasteiger partial charge in [-0.15, -0.1) is 0 Å². The van der Waals surface area contributed by atoms with Crippen molar-refractivity contribution in [2.75, 3.05) is 5.32 Å². The normalized spacial score (nSPS) is 14.9. The molecule has 1 fully saturated rings. The molecule has 4 aromatic rings. The summed E-state index contributed by atoms with van der Waals surface area (Å²) in [5.74, 6) is 0.951. The molecular weight excluding hydrogens is 356 g/mol. The van der Waals surface area contributed by atoms with E-state index in [1.807, 2.05) is 0 Å². The van der Waals surface area contributed by atoms with Gasteiger partial charge in [0.25, 0.3) is 0 Å². The van der Waals surface area contributed by atoms with Crippen molar-refractivity contribution in [2.45, 2.75) is 45.1 Å². The highest BCUT2D eigenvalue weighted by Crippen LogP contribution is 2.36. The van der Waals surface area contributed by atoms with Gasteiger partial charge in [0.2, 0.25) is 0 Å². The summed E-state index contributed by atoms with van der Waals surface area (Å²) in [7, 11) is 0. The van der Waals surface area contributed by atoms with Gasteiger partial charge in [-0.25, -0.2) is 9.97 Å². The van der Waals surface area contributed by atoms with Crippen LogP contribution in [0.2, 0.25) is 0 Å². The third-order valence-electron chi connectivity index (χ3n) is 5.93. The molecule has 29 heavy (non-hydrogen) atoms. The lowest BCUT2D eigenvalue weighted by Gasteiger charge is -2.23. The van der Waals surface area contributed by atoms with Crippen molar-refractivity contribution < 1.29 is 0 Å². The van der Waals surface area contributed by atoms with E-state index in [1.165, 1.54) is 48.8 Å². The number of benzene rings is 2. The summed E-state index contributed by atoms with van der Waals surface area (Å²) in [6.07, 6.45) is 10.2. The molecule has 0 amide bonds. The van der Waals surface area contributed by atoms with Crippen LogP contribution >= 0.6 is 0 Å². The number of anilines is 1. The molecule has 2 aromatic carbocycles. The molecule has 4 nitrogen and oxygen atoms in total. The summed E-state index contributed by atoms with van der Waals surface area (Å²) < 4.78 is 2.19. The molecule has 2 heterocycles. The summed E-state index contributed by atoms with van der Waals surface area (Å²) >= 11 is 0. The minimum atomic E-state index is 0.494. The quantitative estimate of drug-likeness (QED) is 0.461. The third-order valence-corrected chi connectivity index (χ3v) is 5.93. The second-order valence-electron chi connectivity index (χ2n) is 8.01. The second kappa shape index (κ2) is 7.70. The number of rotatable bonds is 4. The average Bonchev–Trinajstić information content (AvgIpc) is 3.16. The van der Waals surface area contributed by atoms with Crippen LogP contribution in [0, 0.1) is 6.92 Å². The van der Waals surface area contributed by atoms with E-state index < -0.39 is 0 Å². The molecule has 146 valence electrons. The van der Waals surface area contributed by atoms with Gasteiger partial charge in [-0.3, -0.25) is 0 Å². The molecular formula is C25H26N4. The van der Waals surface area contributed by atoms with E-state index in [-0.39, 0.29) is 0 Å². The van der Waals surface area contributed by atoms with Crippen LogP contribution in [-0.2, 0) is 0 Å². The van der Waals surface area contributed by atoms with Crippen molar-refractivity contribution in [3.8, 4) is 16.8 Å². The van der Waals surface area contributed by atoms with Gasteiger partial charge in [0.1, 0.15) is 12.1 Å². The second-order valence-corrected chi connectivity index (χ2v) is 8.01. The number of aromatic nitrogens is 3. The molecule has 2 aromatic heterocycles. The zero-order valence-electron chi connectivity index (χ0n) is 16.8. The number of aryl methyl sites for hydroxylation is 1. The van der Waals surface area contributed by atoms with Gasteiger partial charge in [0.15, 0.2) is 5.65 Å². The van der Waals surface area contributed by atoms with Crippen molar-refractivity contribution in [2.24, 2.45) is 0 Å². The van der Waals surface area contributed by atoms with E-state index in [0.717, 1.165) is 22.5 Å². The highest BCUT2D eigenvalue weighted by atomic mass is 15.1. The Morgan fingerprint density at radius 3 is 2.41 bits per heavy atom. The molecule has 1 aliphatic rings. The zero-order valence-corrected chi connectivity index (χ0v) is 16.8. The molecule has 0 aliphatic heterocycles. The number of nitrogens with zero attached hydrogens (tertiary/aromatic N) is 3. The Morgan fingerprint density at radius 1 is 0.897 bits per heavy atom. The van der Waals surface area contributed by atoms with Gasteiger partial charge in [0.05, 0.1) is 5.39 Å². The van der Waals surface area contributed by atoms with E-state index in [1.54, 1.807) is 6.33 Å². The first-order valence-electron chi connectivity index (χ1n) is 10.5. The predicted octanol–water partition coefficient (Wildman–Crippen LogP) is 6.14. The summed E-state index contributed by atoms with van der Waals surface area (Å²) in [6, 6.07) is 19.6. The summed E-state index contributed by atoms with van der Waals surface area (Å²) in [5.41, 5.74) is 5.67. The van der Waals surface area contributed by atoms with Crippen LogP contribution in [0.4, 0.5) is 5.82 Å². The van der Waals surface area contributed by atoms with Gasteiger partial charge in [-0.05, 0) is 37.5 Å². The standard InChI is InChI=1S/C25H26N4/c1-18-12-14-21(15-13-18)29-16-22(19-8-4-2-5-9-19)23-24(26-17-27-25(23)29)28-20-10-6-3-7-11-20/h2,4-5,8-9,12-17,20H,3,6-7,10-11H2,1H3,(H,26,27,28). The minimum absolute atomic E-state index is 0.494.